The largest absolute Gasteiger partial charge is 0.416 e. The monoisotopic (exact) mass is 352 g/mol. The molecule has 0 aromatic heterocycles. The van der Waals surface area contributed by atoms with Crippen molar-refractivity contribution in [2.45, 2.75) is 31.5 Å². The first kappa shape index (κ1) is 17.2. The Morgan fingerprint density at radius 1 is 1.00 bits per heavy atom. The molecule has 0 aliphatic carbocycles. The first-order valence-corrected chi connectivity index (χ1v) is 8.21. The van der Waals surface area contributed by atoms with Gasteiger partial charge in [0, 0.05) is 17.3 Å². The van der Waals surface area contributed by atoms with Crippen LogP contribution in [-0.4, -0.2) is 6.54 Å². The average molecular weight is 353 g/mol. The van der Waals surface area contributed by atoms with Crippen LogP contribution in [0.2, 0.25) is 5.02 Å². The zero-order chi connectivity index (χ0) is 17.4. The molecule has 5 heteroatoms. The molecule has 0 bridgehead atoms. The number of nitrogens with zero attached hydrogens (tertiary/aromatic N) is 1. The van der Waals surface area contributed by atoms with Gasteiger partial charge >= 0.3 is 6.18 Å². The average Bonchev–Trinajstić information content (AvgIpc) is 2.56. The Labute approximate surface area is 145 Å². The van der Waals surface area contributed by atoms with Gasteiger partial charge in [0.2, 0.25) is 0 Å². The van der Waals surface area contributed by atoms with Gasteiger partial charge < -0.3 is 4.90 Å². The summed E-state index contributed by atoms with van der Waals surface area (Å²) in [6.45, 7) is 2.89. The molecule has 24 heavy (non-hydrogen) atoms. The minimum atomic E-state index is -4.31. The highest BCUT2D eigenvalue weighted by atomic mass is 35.5. The highest BCUT2D eigenvalue weighted by Gasteiger charge is 2.37. The standard InChI is InChI=1S/C19H18ClF3N/c1-18(14-4-6-15(7-5-14)19(21,22)23)12-2-3-13-24(18)17-10-8-16(20)9-11-17/h2,4-11H,3,12-13H2,1H3. The molecule has 3 rings (SSSR count). The van der Waals surface area contributed by atoms with Crippen molar-refractivity contribution < 1.29 is 13.2 Å². The van der Waals surface area contributed by atoms with E-state index in [0.29, 0.717) is 5.02 Å². The van der Waals surface area contributed by atoms with E-state index in [4.69, 9.17) is 11.6 Å². The molecule has 1 aliphatic heterocycles. The fourth-order valence-corrected chi connectivity index (χ4v) is 3.41. The van der Waals surface area contributed by atoms with E-state index in [1.165, 1.54) is 0 Å². The molecule has 1 aliphatic rings. The van der Waals surface area contributed by atoms with Crippen LogP contribution in [-0.2, 0) is 11.7 Å². The topological polar surface area (TPSA) is 3.24 Å². The van der Waals surface area contributed by atoms with Crippen molar-refractivity contribution >= 4 is 17.3 Å². The first-order valence-electron chi connectivity index (χ1n) is 7.83. The third kappa shape index (κ3) is 3.25. The van der Waals surface area contributed by atoms with Crippen molar-refractivity contribution in [1.82, 2.24) is 0 Å². The van der Waals surface area contributed by atoms with Crippen molar-refractivity contribution in [2.24, 2.45) is 0 Å². The van der Waals surface area contributed by atoms with Gasteiger partial charge in [-0.15, -0.1) is 0 Å². The Bertz CT molecular complexity index is 694. The maximum Gasteiger partial charge on any atom is 0.416 e. The van der Waals surface area contributed by atoms with E-state index in [2.05, 4.69) is 18.2 Å². The normalized spacial score (nSPS) is 21.8. The quantitative estimate of drug-likeness (QED) is 0.633. The smallest absolute Gasteiger partial charge is 0.362 e. The lowest BCUT2D eigenvalue weighted by atomic mass is 9.81. The molecule has 1 heterocycles. The fraction of sp³-hybridized carbons (Fsp3) is 0.316. The Hall–Kier alpha value is -1.68. The van der Waals surface area contributed by atoms with Gasteiger partial charge in [-0.1, -0.05) is 23.7 Å². The number of alkyl halides is 3. The summed E-state index contributed by atoms with van der Waals surface area (Å²) in [5.74, 6) is 0. The number of piperidine rings is 1. The van der Waals surface area contributed by atoms with E-state index < -0.39 is 11.7 Å². The summed E-state index contributed by atoms with van der Waals surface area (Å²) < 4.78 is 38.4. The number of anilines is 1. The predicted molar refractivity (Wildman–Crippen MR) is 91.1 cm³/mol. The van der Waals surface area contributed by atoms with Crippen molar-refractivity contribution in [1.29, 1.82) is 0 Å². The van der Waals surface area contributed by atoms with Crippen LogP contribution in [0.5, 0.6) is 0 Å². The lowest BCUT2D eigenvalue weighted by molar-refractivity contribution is -0.137. The Kier molecular flexibility index (Phi) is 4.52. The van der Waals surface area contributed by atoms with Crippen LogP contribution in [0.3, 0.4) is 0 Å². The minimum Gasteiger partial charge on any atom is -0.362 e. The predicted octanol–water partition coefficient (Wildman–Crippen LogP) is 6.08. The summed E-state index contributed by atoms with van der Waals surface area (Å²) in [6.07, 6.45) is -0.391. The van der Waals surface area contributed by atoms with E-state index in [-0.39, 0.29) is 5.54 Å². The minimum absolute atomic E-state index is 0.379. The highest BCUT2D eigenvalue weighted by Crippen LogP contribution is 2.41. The number of benzene rings is 2. The van der Waals surface area contributed by atoms with Crippen LogP contribution < -0.4 is 4.90 Å². The highest BCUT2D eigenvalue weighted by molar-refractivity contribution is 6.30. The molecular weight excluding hydrogens is 335 g/mol. The van der Waals surface area contributed by atoms with Crippen LogP contribution >= 0.6 is 11.6 Å². The molecule has 0 N–H and O–H groups in total. The first-order chi connectivity index (χ1) is 11.3. The second-order valence-electron chi connectivity index (χ2n) is 6.26. The molecule has 2 aromatic carbocycles. The fourth-order valence-electron chi connectivity index (χ4n) is 3.29. The summed E-state index contributed by atoms with van der Waals surface area (Å²) in [5, 5.41) is 0.665. The molecule has 127 valence electrons. The number of hydrogen-bond donors (Lipinski definition) is 0. The van der Waals surface area contributed by atoms with Crippen LogP contribution in [0.25, 0.3) is 0 Å². The van der Waals surface area contributed by atoms with Gasteiger partial charge in [-0.25, -0.2) is 0 Å². The number of halogens is 4. The molecule has 1 nitrogen and oxygen atoms in total. The zero-order valence-electron chi connectivity index (χ0n) is 13.3. The molecule has 1 atom stereocenters. The Morgan fingerprint density at radius 3 is 2.21 bits per heavy atom. The summed E-state index contributed by atoms with van der Waals surface area (Å²) in [5.41, 5.74) is 0.903. The van der Waals surface area contributed by atoms with Crippen molar-refractivity contribution in [3.05, 3.63) is 71.1 Å². The van der Waals surface area contributed by atoms with Crippen molar-refractivity contribution in [3.63, 3.8) is 0 Å². The van der Waals surface area contributed by atoms with Gasteiger partial charge in [-0.2, -0.15) is 13.2 Å². The van der Waals surface area contributed by atoms with Gasteiger partial charge in [0.15, 0.2) is 0 Å². The van der Waals surface area contributed by atoms with Crippen LogP contribution in [0.1, 0.15) is 30.9 Å². The summed E-state index contributed by atoms with van der Waals surface area (Å²) in [4.78, 5) is 2.24. The van der Waals surface area contributed by atoms with E-state index in [0.717, 1.165) is 42.8 Å². The molecule has 0 spiro atoms. The summed E-state index contributed by atoms with van der Waals surface area (Å²) in [7, 11) is 0. The maximum atomic E-state index is 12.8. The third-order valence-electron chi connectivity index (χ3n) is 4.67. The SMILES string of the molecule is CC1(c2ccc(C(F)(F)F)cc2)C[CH]CCN1c1ccc(Cl)cc1. The molecule has 0 saturated carbocycles. The zero-order valence-corrected chi connectivity index (χ0v) is 14.0. The van der Waals surface area contributed by atoms with Crippen molar-refractivity contribution in [2.75, 3.05) is 11.4 Å². The van der Waals surface area contributed by atoms with Gasteiger partial charge in [0.25, 0.3) is 0 Å². The number of hydrogen-bond acceptors (Lipinski definition) is 1. The lowest BCUT2D eigenvalue weighted by Crippen LogP contribution is -2.47. The van der Waals surface area contributed by atoms with Crippen LogP contribution in [0.4, 0.5) is 18.9 Å². The van der Waals surface area contributed by atoms with Crippen LogP contribution in [0, 0.1) is 6.42 Å². The second kappa shape index (κ2) is 6.32. The van der Waals surface area contributed by atoms with E-state index >= 15 is 0 Å². The molecule has 1 saturated heterocycles. The van der Waals surface area contributed by atoms with E-state index in [9.17, 15) is 13.2 Å². The third-order valence-corrected chi connectivity index (χ3v) is 4.92. The lowest BCUT2D eigenvalue weighted by Gasteiger charge is -2.47. The Balaban J connectivity index is 1.97. The second-order valence-corrected chi connectivity index (χ2v) is 6.69. The summed E-state index contributed by atoms with van der Waals surface area (Å²) >= 11 is 5.97. The van der Waals surface area contributed by atoms with Crippen LogP contribution in [0.15, 0.2) is 48.5 Å². The van der Waals surface area contributed by atoms with Gasteiger partial charge in [0.1, 0.15) is 0 Å². The van der Waals surface area contributed by atoms with Crippen molar-refractivity contribution in [3.8, 4) is 0 Å². The van der Waals surface area contributed by atoms with Gasteiger partial charge in [-0.3, -0.25) is 0 Å². The molecule has 0 amide bonds. The van der Waals surface area contributed by atoms with E-state index in [1.54, 1.807) is 12.1 Å². The Morgan fingerprint density at radius 2 is 1.62 bits per heavy atom. The van der Waals surface area contributed by atoms with Gasteiger partial charge in [-0.05, 0) is 68.1 Å². The molecule has 1 radical (unpaired) electrons. The summed E-state index contributed by atoms with van der Waals surface area (Å²) in [6, 6.07) is 13.1. The molecule has 1 fully saturated rings. The number of rotatable bonds is 2. The van der Waals surface area contributed by atoms with Gasteiger partial charge in [0.05, 0.1) is 11.1 Å². The molecule has 1 unspecified atom stereocenters. The maximum absolute atomic E-state index is 12.8. The molecule has 2 aromatic rings. The molecular formula is C19H18ClF3N. The van der Waals surface area contributed by atoms with E-state index in [1.807, 2.05) is 24.3 Å².